The number of hydrogen-bond acceptors (Lipinski definition) is 3. The molecular weight excluding hydrogens is 354 g/mol. The van der Waals surface area contributed by atoms with Crippen molar-refractivity contribution in [1.82, 2.24) is 4.98 Å². The van der Waals surface area contributed by atoms with E-state index in [4.69, 9.17) is 4.74 Å². The molecule has 6 nitrogen and oxygen atoms in total. The average Bonchev–Trinajstić information content (AvgIpc) is 3.07. The molecular formula is C22H26N3O3+. The van der Waals surface area contributed by atoms with Gasteiger partial charge in [0.1, 0.15) is 11.8 Å². The van der Waals surface area contributed by atoms with Crippen molar-refractivity contribution in [1.29, 1.82) is 0 Å². The van der Waals surface area contributed by atoms with Crippen LogP contribution >= 0.6 is 0 Å². The number of nitrogens with one attached hydrogen (secondary N) is 1. The normalized spacial score (nSPS) is 17.3. The van der Waals surface area contributed by atoms with E-state index in [1.165, 1.54) is 16.8 Å². The number of nitrogens with zero attached hydrogens (tertiary/aromatic N) is 1. The molecule has 0 unspecified atom stereocenters. The van der Waals surface area contributed by atoms with Crippen molar-refractivity contribution < 1.29 is 15.0 Å². The second kappa shape index (κ2) is 7.64. The lowest BCUT2D eigenvalue weighted by molar-refractivity contribution is -0.726. The summed E-state index contributed by atoms with van der Waals surface area (Å²) in [7, 11) is 1.71. The molecule has 146 valence electrons. The highest BCUT2D eigenvalue weighted by molar-refractivity contribution is 5.87. The number of aromatic amines is 1. The number of fused-ring (bicyclic) bond motifs is 3. The molecule has 1 heterocycles. The summed E-state index contributed by atoms with van der Waals surface area (Å²) in [5.41, 5.74) is 4.85. The fourth-order valence-electron chi connectivity index (χ4n) is 4.47. The minimum Gasteiger partial charge on any atom is -0.496 e. The number of aryl methyl sites for hydroxylation is 1. The quantitative estimate of drug-likeness (QED) is 0.506. The second-order valence-corrected chi connectivity index (χ2v) is 7.69. The van der Waals surface area contributed by atoms with Gasteiger partial charge in [-0.15, -0.1) is 0 Å². The zero-order valence-electron chi connectivity index (χ0n) is 16.3. The van der Waals surface area contributed by atoms with Gasteiger partial charge in [-0.1, -0.05) is 18.2 Å². The number of H-pyrrole nitrogens is 1. The molecule has 3 aromatic rings. The SMILES string of the molecule is COc1ccccc1C[C@@H](C)[NH2+][C@H]1CCCc2c1[nH]c1ccc([N+](=O)[O-])cc21. The molecule has 0 amide bonds. The Morgan fingerprint density at radius 1 is 1.32 bits per heavy atom. The Hall–Kier alpha value is -2.86. The molecule has 28 heavy (non-hydrogen) atoms. The molecule has 0 aliphatic heterocycles. The van der Waals surface area contributed by atoms with Crippen LogP contribution < -0.4 is 10.1 Å². The van der Waals surface area contributed by atoms with Crippen LogP contribution in [-0.4, -0.2) is 23.1 Å². The smallest absolute Gasteiger partial charge is 0.270 e. The maximum Gasteiger partial charge on any atom is 0.270 e. The Kier molecular flexibility index (Phi) is 5.05. The first-order valence-corrected chi connectivity index (χ1v) is 9.82. The van der Waals surface area contributed by atoms with Gasteiger partial charge in [-0.3, -0.25) is 10.1 Å². The number of benzene rings is 2. The van der Waals surface area contributed by atoms with E-state index in [1.807, 2.05) is 24.3 Å². The molecule has 2 atom stereocenters. The third-order valence-electron chi connectivity index (χ3n) is 5.74. The Morgan fingerprint density at radius 2 is 2.14 bits per heavy atom. The van der Waals surface area contributed by atoms with Crippen LogP contribution in [0.5, 0.6) is 5.75 Å². The van der Waals surface area contributed by atoms with Crippen molar-refractivity contribution in [3.8, 4) is 5.75 Å². The first kappa shape index (κ1) is 18.5. The van der Waals surface area contributed by atoms with Gasteiger partial charge in [0.15, 0.2) is 0 Å². The van der Waals surface area contributed by atoms with Gasteiger partial charge in [0.25, 0.3) is 5.69 Å². The van der Waals surface area contributed by atoms with Gasteiger partial charge >= 0.3 is 0 Å². The third kappa shape index (κ3) is 3.47. The number of ether oxygens (including phenoxy) is 1. The molecule has 2 aromatic carbocycles. The summed E-state index contributed by atoms with van der Waals surface area (Å²) in [6.07, 6.45) is 4.12. The van der Waals surface area contributed by atoms with E-state index in [2.05, 4.69) is 23.3 Å². The molecule has 0 fully saturated rings. The molecule has 0 radical (unpaired) electrons. The lowest BCUT2D eigenvalue weighted by Crippen LogP contribution is -2.90. The number of aromatic nitrogens is 1. The van der Waals surface area contributed by atoms with E-state index in [0.29, 0.717) is 12.1 Å². The maximum atomic E-state index is 11.1. The van der Waals surface area contributed by atoms with E-state index in [-0.39, 0.29) is 10.6 Å². The van der Waals surface area contributed by atoms with E-state index >= 15 is 0 Å². The summed E-state index contributed by atoms with van der Waals surface area (Å²) in [6, 6.07) is 14.0. The fraction of sp³-hybridized carbons (Fsp3) is 0.364. The van der Waals surface area contributed by atoms with E-state index in [0.717, 1.165) is 42.3 Å². The molecule has 0 bridgehead atoms. The number of nitrogens with two attached hydrogens (primary N) is 1. The first-order chi connectivity index (χ1) is 13.6. The number of non-ortho nitro benzene ring substituents is 1. The van der Waals surface area contributed by atoms with Crippen molar-refractivity contribution in [2.45, 2.75) is 44.7 Å². The zero-order valence-corrected chi connectivity index (χ0v) is 16.3. The lowest BCUT2D eigenvalue weighted by Gasteiger charge is -2.24. The van der Waals surface area contributed by atoms with E-state index < -0.39 is 0 Å². The fourth-order valence-corrected chi connectivity index (χ4v) is 4.47. The van der Waals surface area contributed by atoms with Crippen LogP contribution in [0.1, 0.15) is 42.6 Å². The van der Waals surface area contributed by atoms with Crippen LogP contribution in [-0.2, 0) is 12.8 Å². The van der Waals surface area contributed by atoms with Gasteiger partial charge in [0.05, 0.1) is 23.8 Å². The van der Waals surface area contributed by atoms with Gasteiger partial charge in [0, 0.05) is 35.9 Å². The average molecular weight is 380 g/mol. The Labute approximate surface area is 164 Å². The maximum absolute atomic E-state index is 11.1. The number of para-hydroxylation sites is 1. The Balaban J connectivity index is 1.57. The van der Waals surface area contributed by atoms with E-state index in [9.17, 15) is 10.1 Å². The van der Waals surface area contributed by atoms with Crippen molar-refractivity contribution in [2.24, 2.45) is 0 Å². The topological polar surface area (TPSA) is 84.8 Å². The summed E-state index contributed by atoms with van der Waals surface area (Å²) in [5.74, 6) is 0.935. The summed E-state index contributed by atoms with van der Waals surface area (Å²) in [5, 5.41) is 14.6. The van der Waals surface area contributed by atoms with Crippen LogP contribution in [0.3, 0.4) is 0 Å². The predicted octanol–water partition coefficient (Wildman–Crippen LogP) is 3.66. The minimum atomic E-state index is -0.319. The molecule has 1 aliphatic rings. The number of quaternary nitrogens is 1. The molecule has 0 spiro atoms. The molecule has 1 aromatic heterocycles. The first-order valence-electron chi connectivity index (χ1n) is 9.82. The molecule has 3 N–H and O–H groups in total. The van der Waals surface area contributed by atoms with Gasteiger partial charge in [0.2, 0.25) is 0 Å². The second-order valence-electron chi connectivity index (χ2n) is 7.69. The van der Waals surface area contributed by atoms with Gasteiger partial charge in [-0.2, -0.15) is 0 Å². The summed E-state index contributed by atoms with van der Waals surface area (Å²) in [6.45, 7) is 2.24. The number of rotatable bonds is 6. The summed E-state index contributed by atoms with van der Waals surface area (Å²) in [4.78, 5) is 14.4. The third-order valence-corrected chi connectivity index (χ3v) is 5.74. The van der Waals surface area contributed by atoms with Crippen LogP contribution in [0, 0.1) is 10.1 Å². The van der Waals surface area contributed by atoms with Gasteiger partial charge in [-0.05, 0) is 43.0 Å². The Morgan fingerprint density at radius 3 is 2.93 bits per heavy atom. The summed E-state index contributed by atoms with van der Waals surface area (Å²) >= 11 is 0. The highest BCUT2D eigenvalue weighted by Gasteiger charge is 2.29. The number of nitro benzene ring substituents is 1. The molecule has 0 saturated heterocycles. The Bertz CT molecular complexity index is 1010. The predicted molar refractivity (Wildman–Crippen MR) is 109 cm³/mol. The minimum absolute atomic E-state index is 0.157. The largest absolute Gasteiger partial charge is 0.496 e. The van der Waals surface area contributed by atoms with Crippen molar-refractivity contribution in [3.05, 3.63) is 69.4 Å². The number of hydrogen-bond donors (Lipinski definition) is 2. The van der Waals surface area contributed by atoms with Crippen molar-refractivity contribution in [2.75, 3.05) is 7.11 Å². The number of nitro groups is 1. The molecule has 6 heteroatoms. The van der Waals surface area contributed by atoms with Crippen LogP contribution in [0.2, 0.25) is 0 Å². The van der Waals surface area contributed by atoms with E-state index in [1.54, 1.807) is 19.2 Å². The lowest BCUT2D eigenvalue weighted by atomic mass is 9.91. The summed E-state index contributed by atoms with van der Waals surface area (Å²) < 4.78 is 5.49. The van der Waals surface area contributed by atoms with Crippen molar-refractivity contribution >= 4 is 16.6 Å². The molecule has 4 rings (SSSR count). The van der Waals surface area contributed by atoms with Crippen molar-refractivity contribution in [3.63, 3.8) is 0 Å². The highest BCUT2D eigenvalue weighted by Crippen LogP contribution is 2.34. The molecule has 0 saturated carbocycles. The number of methoxy groups -OCH3 is 1. The zero-order chi connectivity index (χ0) is 19.7. The monoisotopic (exact) mass is 380 g/mol. The van der Waals surface area contributed by atoms with Gasteiger partial charge in [-0.25, -0.2) is 0 Å². The molecule has 1 aliphatic carbocycles. The standard InChI is InChI=1S/C22H25N3O3/c1-14(12-15-6-3-4-9-21(15)28-2)23-20-8-5-7-17-18-13-16(25(26)27)10-11-19(18)24-22(17)20/h3-4,6,9-11,13-14,20,23-24H,5,7-8,12H2,1-2H3/p+1/t14-,20+/m1/s1. The van der Waals surface area contributed by atoms with Crippen LogP contribution in [0.15, 0.2) is 42.5 Å². The van der Waals surface area contributed by atoms with Crippen LogP contribution in [0.25, 0.3) is 10.9 Å². The highest BCUT2D eigenvalue weighted by atomic mass is 16.6. The van der Waals surface area contributed by atoms with Crippen LogP contribution in [0.4, 0.5) is 5.69 Å². The van der Waals surface area contributed by atoms with Gasteiger partial charge < -0.3 is 15.0 Å².